The minimum Gasteiger partial charge on any atom is -0.343 e. The molecule has 6 heteroatoms. The van der Waals surface area contributed by atoms with E-state index in [0.717, 1.165) is 6.04 Å². The van der Waals surface area contributed by atoms with Gasteiger partial charge in [-0.3, -0.25) is 0 Å². The first-order chi connectivity index (χ1) is 15.6. The quantitative estimate of drug-likeness (QED) is 0.153. The van der Waals surface area contributed by atoms with E-state index < -0.39 is 32.9 Å². The zero-order valence-corrected chi connectivity index (χ0v) is 29.7. The molecule has 0 aliphatic carbocycles. The summed E-state index contributed by atoms with van der Waals surface area (Å²) in [6.07, 6.45) is 0. The Morgan fingerprint density at radius 1 is 0.394 bits per heavy atom. The Balaban J connectivity index is 6.92. The van der Waals surface area contributed by atoms with Gasteiger partial charge >= 0.3 is 0 Å². The largest absolute Gasteiger partial charge is 0.343 e. The molecule has 200 valence electrons. The molecule has 0 heterocycles. The molecule has 0 radical (unpaired) electrons. The molecule has 0 saturated carbocycles. The van der Waals surface area contributed by atoms with E-state index in [1.165, 1.54) is 79.1 Å². The minimum absolute atomic E-state index is 0.732. The fourth-order valence-electron chi connectivity index (χ4n) is 7.84. The van der Waals surface area contributed by atoms with Crippen molar-refractivity contribution in [3.8, 4) is 0 Å². The van der Waals surface area contributed by atoms with Gasteiger partial charge in [-0.15, -0.1) is 0 Å². The van der Waals surface area contributed by atoms with Crippen molar-refractivity contribution in [2.45, 2.75) is 169 Å². The van der Waals surface area contributed by atoms with Crippen LogP contribution >= 0.6 is 0 Å². The Kier molecular flexibility index (Phi) is 15.5. The van der Waals surface area contributed by atoms with Crippen LogP contribution in [0.25, 0.3) is 0 Å². The third-order valence-corrected chi connectivity index (χ3v) is 38.0. The molecule has 0 rings (SSSR count). The summed E-state index contributed by atoms with van der Waals surface area (Å²) in [5.74, 6) is 0. The molecule has 2 nitrogen and oxygen atoms in total. The topological polar surface area (TPSA) is 6.48 Å². The monoisotopic (exact) mass is 530 g/mol. The molecule has 0 aromatic carbocycles. The lowest BCUT2D eigenvalue weighted by molar-refractivity contribution is 0.387. The zero-order chi connectivity index (χ0) is 25.9. The highest BCUT2D eigenvalue weighted by Gasteiger charge is 2.51. The van der Waals surface area contributed by atoms with Crippen molar-refractivity contribution in [3.63, 3.8) is 0 Å². The van der Waals surface area contributed by atoms with Crippen molar-refractivity contribution in [1.82, 2.24) is 8.46 Å². The van der Waals surface area contributed by atoms with Crippen LogP contribution in [0.15, 0.2) is 0 Å². The highest BCUT2D eigenvalue weighted by atomic mass is 28.4. The molecule has 1 atom stereocenters. The van der Waals surface area contributed by atoms with E-state index in [4.69, 9.17) is 0 Å². The third kappa shape index (κ3) is 6.57. The van der Waals surface area contributed by atoms with Gasteiger partial charge in [0.1, 0.15) is 32.9 Å². The van der Waals surface area contributed by atoms with E-state index in [9.17, 15) is 0 Å². The van der Waals surface area contributed by atoms with Gasteiger partial charge in [0.2, 0.25) is 0 Å². The Hall–Kier alpha value is 0.788. The van der Waals surface area contributed by atoms with Gasteiger partial charge in [0.15, 0.2) is 0 Å². The van der Waals surface area contributed by atoms with Crippen LogP contribution in [0.2, 0.25) is 72.5 Å². The maximum atomic E-state index is 3.40. The van der Waals surface area contributed by atoms with E-state index in [2.05, 4.69) is 98.5 Å². The van der Waals surface area contributed by atoms with E-state index in [1.807, 2.05) is 0 Å². The number of hydrogen-bond acceptors (Lipinski definition) is 2. The predicted molar refractivity (Wildman–Crippen MR) is 167 cm³/mol. The molecule has 0 aliphatic rings. The first-order valence-corrected chi connectivity index (χ1v) is 25.5. The normalized spacial score (nSPS) is 15.0. The van der Waals surface area contributed by atoms with Crippen molar-refractivity contribution in [2.24, 2.45) is 0 Å². The Bertz CT molecular complexity index is 439. The van der Waals surface area contributed by atoms with Gasteiger partial charge in [0.05, 0.1) is 0 Å². The van der Waals surface area contributed by atoms with Gasteiger partial charge in [-0.2, -0.15) is 0 Å². The molecule has 0 N–H and O–H groups in total. The van der Waals surface area contributed by atoms with Crippen molar-refractivity contribution >= 4 is 32.9 Å². The summed E-state index contributed by atoms with van der Waals surface area (Å²) in [7, 11) is -5.78. The third-order valence-electron chi connectivity index (χ3n) is 11.0. The average molecular weight is 531 g/mol. The summed E-state index contributed by atoms with van der Waals surface area (Å²) in [5.41, 5.74) is 0. The molecule has 0 spiro atoms. The molecule has 33 heavy (non-hydrogen) atoms. The average Bonchev–Trinajstić information content (AvgIpc) is 2.87. The van der Waals surface area contributed by atoms with Crippen molar-refractivity contribution in [3.05, 3.63) is 0 Å². The Labute approximate surface area is 216 Å². The molecule has 0 saturated heterocycles. The molecule has 0 bridgehead atoms. The molecule has 0 aromatic heterocycles. The second-order valence-corrected chi connectivity index (χ2v) is 32.2. The molecule has 0 aromatic rings. The summed E-state index contributed by atoms with van der Waals surface area (Å²) < 4.78 is 6.77. The van der Waals surface area contributed by atoms with Gasteiger partial charge in [0, 0.05) is 6.04 Å². The van der Waals surface area contributed by atoms with Crippen LogP contribution in [0.3, 0.4) is 0 Å². The highest BCUT2D eigenvalue weighted by Crippen LogP contribution is 2.41. The molecular weight excluding hydrogens is 465 g/mol. The van der Waals surface area contributed by atoms with Gasteiger partial charge in [0.25, 0.3) is 0 Å². The smallest absolute Gasteiger partial charge is 0.121 e. The Morgan fingerprint density at radius 2 is 0.606 bits per heavy atom. The van der Waals surface area contributed by atoms with Gasteiger partial charge in [-0.1, -0.05) is 83.1 Å². The maximum Gasteiger partial charge on any atom is 0.121 e. The number of hydrogen-bond donors (Lipinski definition) is 0. The summed E-state index contributed by atoms with van der Waals surface area (Å²) in [6.45, 7) is 34.6. The molecule has 0 amide bonds. The van der Waals surface area contributed by atoms with Gasteiger partial charge in [-0.05, 0) is 86.0 Å². The minimum atomic E-state index is -1.46. The van der Waals surface area contributed by atoms with Crippen molar-refractivity contribution in [2.75, 3.05) is 6.54 Å². The van der Waals surface area contributed by atoms with E-state index in [0.29, 0.717) is 0 Å². The zero-order valence-electron chi connectivity index (χ0n) is 25.7. The van der Waals surface area contributed by atoms with Crippen molar-refractivity contribution in [1.29, 1.82) is 0 Å². The fourth-order valence-corrected chi connectivity index (χ4v) is 35.3. The van der Waals surface area contributed by atoms with E-state index >= 15 is 0 Å². The van der Waals surface area contributed by atoms with Crippen LogP contribution in [-0.4, -0.2) is 54.0 Å². The first-order valence-electron chi connectivity index (χ1n) is 15.2. The first kappa shape index (κ1) is 33.8. The van der Waals surface area contributed by atoms with Crippen LogP contribution in [-0.2, 0) is 0 Å². The second kappa shape index (κ2) is 15.1. The van der Waals surface area contributed by atoms with E-state index in [-0.39, 0.29) is 0 Å². The second-order valence-electron chi connectivity index (χ2n) is 11.0. The molecule has 0 aliphatic heterocycles. The summed E-state index contributed by atoms with van der Waals surface area (Å²) in [5, 5.41) is 0. The maximum absolute atomic E-state index is 3.40. The van der Waals surface area contributed by atoms with Crippen LogP contribution in [0, 0.1) is 0 Å². The Morgan fingerprint density at radius 3 is 0.788 bits per heavy atom. The van der Waals surface area contributed by atoms with Crippen LogP contribution in [0.4, 0.5) is 0 Å². The standard InChI is InChI=1S/C27H66N2Si4/c1-14-30(15-2,16-3)28(31(17-4,18-5)19-6)26-27(13)29(32(20-7,21-8)22-9)33(23-10,24-11)25-12/h27H,14-26H2,1-13H3. The fraction of sp³-hybridized carbons (Fsp3) is 1.00. The lowest BCUT2D eigenvalue weighted by Crippen LogP contribution is -2.73. The van der Waals surface area contributed by atoms with E-state index in [1.54, 1.807) is 0 Å². The van der Waals surface area contributed by atoms with Crippen molar-refractivity contribution < 1.29 is 0 Å². The molecule has 0 fully saturated rings. The lowest BCUT2D eigenvalue weighted by Gasteiger charge is -2.59. The predicted octanol–water partition coefficient (Wildman–Crippen LogP) is 10.00. The lowest BCUT2D eigenvalue weighted by atomic mass is 10.4. The SMILES string of the molecule is CC[Si](CC)(CC)N(CC(C)N([Si](CC)(CC)CC)[Si](CC)(CC)CC)[Si](CC)(CC)CC. The van der Waals surface area contributed by atoms with Crippen LogP contribution in [0.1, 0.15) is 90.0 Å². The van der Waals surface area contributed by atoms with Gasteiger partial charge < -0.3 is 8.46 Å². The summed E-state index contributed by atoms with van der Waals surface area (Å²) in [6, 6.07) is 18.0. The van der Waals surface area contributed by atoms with Crippen LogP contribution < -0.4 is 0 Å². The molecular formula is C27H66N2Si4. The molecule has 1 unspecified atom stereocenters. The number of nitrogens with zero attached hydrogens (tertiary/aromatic N) is 2. The van der Waals surface area contributed by atoms with Gasteiger partial charge in [-0.25, -0.2) is 0 Å². The van der Waals surface area contributed by atoms with Crippen LogP contribution in [0.5, 0.6) is 0 Å². The highest BCUT2D eigenvalue weighted by molar-refractivity contribution is 6.94. The number of rotatable bonds is 19. The summed E-state index contributed by atoms with van der Waals surface area (Å²) in [4.78, 5) is 0. The summed E-state index contributed by atoms with van der Waals surface area (Å²) >= 11 is 0.